The van der Waals surface area contributed by atoms with Gasteiger partial charge in [-0.25, -0.2) is 0 Å². The molecule has 0 radical (unpaired) electrons. The van der Waals surface area contributed by atoms with E-state index >= 15 is 0 Å². The van der Waals surface area contributed by atoms with Crippen LogP contribution >= 0.6 is 11.6 Å². The Morgan fingerprint density at radius 2 is 1.87 bits per heavy atom. The van der Waals surface area contributed by atoms with Crippen molar-refractivity contribution in [1.29, 1.82) is 0 Å². The standard InChI is InChI=1S/C13H13ClF3N3O3/c14-8-12(21)19-5-3-18(4-6-19)11-2-1-9(20(22)23)7-10(11)13(15,16)17/h1-2,7H,3-6,8H2. The van der Waals surface area contributed by atoms with Crippen LogP contribution in [0.2, 0.25) is 0 Å². The van der Waals surface area contributed by atoms with Gasteiger partial charge in [0.05, 0.1) is 10.5 Å². The van der Waals surface area contributed by atoms with Crippen molar-refractivity contribution in [1.82, 2.24) is 4.90 Å². The number of nitrogens with zero attached hydrogens (tertiary/aromatic N) is 3. The third kappa shape index (κ3) is 3.84. The number of rotatable bonds is 3. The lowest BCUT2D eigenvalue weighted by Crippen LogP contribution is -2.49. The highest BCUT2D eigenvalue weighted by Crippen LogP contribution is 2.39. The topological polar surface area (TPSA) is 66.7 Å². The minimum absolute atomic E-state index is 0.124. The number of hydrogen-bond donors (Lipinski definition) is 0. The lowest BCUT2D eigenvalue weighted by Gasteiger charge is -2.36. The van der Waals surface area contributed by atoms with Gasteiger partial charge in [-0.2, -0.15) is 13.2 Å². The molecule has 0 unspecified atom stereocenters. The van der Waals surface area contributed by atoms with Gasteiger partial charge in [0.15, 0.2) is 0 Å². The lowest BCUT2D eigenvalue weighted by atomic mass is 10.1. The molecule has 1 amide bonds. The van der Waals surface area contributed by atoms with Crippen LogP contribution in [0.4, 0.5) is 24.5 Å². The first-order valence-electron chi connectivity index (χ1n) is 6.68. The molecule has 1 aliphatic rings. The average molecular weight is 352 g/mol. The number of benzene rings is 1. The van der Waals surface area contributed by atoms with Crippen LogP contribution in [-0.4, -0.2) is 47.8 Å². The molecule has 2 rings (SSSR count). The van der Waals surface area contributed by atoms with Gasteiger partial charge in [-0.15, -0.1) is 11.6 Å². The Morgan fingerprint density at radius 3 is 2.35 bits per heavy atom. The molecule has 0 aliphatic carbocycles. The number of carbonyl (C=O) groups is 1. The predicted octanol–water partition coefficient (Wildman–Crippen LogP) is 2.50. The monoisotopic (exact) mass is 351 g/mol. The largest absolute Gasteiger partial charge is 0.418 e. The molecule has 10 heteroatoms. The molecule has 23 heavy (non-hydrogen) atoms. The molecule has 0 atom stereocenters. The number of piperazine rings is 1. The van der Waals surface area contributed by atoms with Crippen LogP contribution in [0.15, 0.2) is 18.2 Å². The average Bonchev–Trinajstić information content (AvgIpc) is 2.52. The predicted molar refractivity (Wildman–Crippen MR) is 77.6 cm³/mol. The molecular formula is C13H13ClF3N3O3. The molecule has 6 nitrogen and oxygen atoms in total. The summed E-state index contributed by atoms with van der Waals surface area (Å²) in [5.41, 5.74) is -1.79. The Kier molecular flexibility index (Phi) is 4.98. The lowest BCUT2D eigenvalue weighted by molar-refractivity contribution is -0.385. The molecule has 0 N–H and O–H groups in total. The smallest absolute Gasteiger partial charge is 0.367 e. The van der Waals surface area contributed by atoms with E-state index in [0.717, 1.165) is 12.1 Å². The van der Waals surface area contributed by atoms with Gasteiger partial charge < -0.3 is 9.80 Å². The summed E-state index contributed by atoms with van der Waals surface area (Å²) in [5, 5.41) is 10.7. The van der Waals surface area contributed by atoms with Gasteiger partial charge in [-0.1, -0.05) is 0 Å². The van der Waals surface area contributed by atoms with Crippen LogP contribution < -0.4 is 4.90 Å². The van der Waals surface area contributed by atoms with Crippen molar-refractivity contribution in [2.45, 2.75) is 6.18 Å². The Labute approximate surface area is 134 Å². The summed E-state index contributed by atoms with van der Waals surface area (Å²) in [6.07, 6.45) is -4.70. The Balaban J connectivity index is 2.26. The van der Waals surface area contributed by atoms with Crippen molar-refractivity contribution in [3.05, 3.63) is 33.9 Å². The normalized spacial score (nSPS) is 15.7. The number of nitro benzene ring substituents is 1. The highest BCUT2D eigenvalue weighted by molar-refractivity contribution is 6.27. The number of carbonyl (C=O) groups excluding carboxylic acids is 1. The molecule has 1 heterocycles. The molecule has 0 bridgehead atoms. The summed E-state index contributed by atoms with van der Waals surface area (Å²) in [6.45, 7) is 0.896. The SMILES string of the molecule is O=C(CCl)N1CCN(c2ccc([N+](=O)[O-])cc2C(F)(F)F)CC1. The van der Waals surface area contributed by atoms with Crippen molar-refractivity contribution in [2.24, 2.45) is 0 Å². The number of non-ortho nitro benzene ring substituents is 1. The summed E-state index contributed by atoms with van der Waals surface area (Å²) >= 11 is 5.45. The zero-order valence-corrected chi connectivity index (χ0v) is 12.6. The summed E-state index contributed by atoms with van der Waals surface area (Å²) in [5.74, 6) is -0.447. The molecule has 1 aromatic carbocycles. The number of alkyl halides is 4. The van der Waals surface area contributed by atoms with E-state index in [1.807, 2.05) is 0 Å². The van der Waals surface area contributed by atoms with Crippen LogP contribution in [0.5, 0.6) is 0 Å². The number of hydrogen-bond acceptors (Lipinski definition) is 4. The third-order valence-corrected chi connectivity index (χ3v) is 3.81. The van der Waals surface area contributed by atoms with Crippen LogP contribution in [0.1, 0.15) is 5.56 Å². The number of nitro groups is 1. The van der Waals surface area contributed by atoms with Gasteiger partial charge in [0, 0.05) is 44.0 Å². The highest BCUT2D eigenvalue weighted by Gasteiger charge is 2.37. The molecule has 1 fully saturated rings. The van der Waals surface area contributed by atoms with Gasteiger partial charge in [0.1, 0.15) is 5.88 Å². The molecular weight excluding hydrogens is 339 g/mol. The van der Waals surface area contributed by atoms with Gasteiger partial charge >= 0.3 is 6.18 Å². The van der Waals surface area contributed by atoms with Crippen LogP contribution in [0, 0.1) is 10.1 Å². The maximum atomic E-state index is 13.2. The van der Waals surface area contributed by atoms with Gasteiger partial charge in [0.2, 0.25) is 5.91 Å². The first-order chi connectivity index (χ1) is 10.7. The van der Waals surface area contributed by atoms with E-state index in [1.54, 1.807) is 0 Å². The quantitative estimate of drug-likeness (QED) is 0.477. The Bertz CT molecular complexity index is 616. The van der Waals surface area contributed by atoms with Crippen LogP contribution in [-0.2, 0) is 11.0 Å². The molecule has 1 saturated heterocycles. The summed E-state index contributed by atoms with van der Waals surface area (Å²) in [6, 6.07) is 2.67. The zero-order chi connectivity index (χ0) is 17.2. The van der Waals surface area contributed by atoms with E-state index in [-0.39, 0.29) is 43.7 Å². The van der Waals surface area contributed by atoms with Crippen molar-refractivity contribution in [3.63, 3.8) is 0 Å². The fourth-order valence-corrected chi connectivity index (χ4v) is 2.59. The molecule has 1 aliphatic heterocycles. The molecule has 1 aromatic rings. The first kappa shape index (κ1) is 17.3. The first-order valence-corrected chi connectivity index (χ1v) is 7.22. The molecule has 0 aromatic heterocycles. The van der Waals surface area contributed by atoms with E-state index in [1.165, 1.54) is 9.80 Å². The van der Waals surface area contributed by atoms with Crippen molar-refractivity contribution in [3.8, 4) is 0 Å². The van der Waals surface area contributed by atoms with E-state index in [4.69, 9.17) is 11.6 Å². The second kappa shape index (κ2) is 6.61. The van der Waals surface area contributed by atoms with Gasteiger partial charge in [-0.3, -0.25) is 14.9 Å². The van der Waals surface area contributed by atoms with E-state index < -0.39 is 22.4 Å². The molecule has 0 spiro atoms. The van der Waals surface area contributed by atoms with Gasteiger partial charge in [0.25, 0.3) is 5.69 Å². The summed E-state index contributed by atoms with van der Waals surface area (Å²) in [7, 11) is 0. The number of anilines is 1. The maximum Gasteiger partial charge on any atom is 0.418 e. The summed E-state index contributed by atoms with van der Waals surface area (Å²) < 4.78 is 39.5. The van der Waals surface area contributed by atoms with Gasteiger partial charge in [-0.05, 0) is 6.07 Å². The Hall–Kier alpha value is -2.03. The second-order valence-corrected chi connectivity index (χ2v) is 5.23. The highest BCUT2D eigenvalue weighted by atomic mass is 35.5. The van der Waals surface area contributed by atoms with Crippen molar-refractivity contribution >= 4 is 28.9 Å². The van der Waals surface area contributed by atoms with E-state index in [2.05, 4.69) is 0 Å². The fourth-order valence-electron chi connectivity index (χ4n) is 2.42. The fraction of sp³-hybridized carbons (Fsp3) is 0.462. The number of amides is 1. The summed E-state index contributed by atoms with van der Waals surface area (Å²) in [4.78, 5) is 24.2. The van der Waals surface area contributed by atoms with Crippen LogP contribution in [0.3, 0.4) is 0 Å². The zero-order valence-electron chi connectivity index (χ0n) is 11.8. The number of halogens is 4. The van der Waals surface area contributed by atoms with Crippen molar-refractivity contribution < 1.29 is 22.9 Å². The van der Waals surface area contributed by atoms with E-state index in [9.17, 15) is 28.1 Å². The Morgan fingerprint density at radius 1 is 1.26 bits per heavy atom. The minimum atomic E-state index is -4.70. The second-order valence-electron chi connectivity index (χ2n) is 4.96. The molecule has 0 saturated carbocycles. The maximum absolute atomic E-state index is 13.2. The third-order valence-electron chi connectivity index (χ3n) is 3.58. The van der Waals surface area contributed by atoms with Crippen LogP contribution in [0.25, 0.3) is 0 Å². The molecule has 126 valence electrons. The van der Waals surface area contributed by atoms with Crippen molar-refractivity contribution in [2.75, 3.05) is 37.0 Å². The minimum Gasteiger partial charge on any atom is -0.367 e. The van der Waals surface area contributed by atoms with E-state index in [0.29, 0.717) is 6.07 Å².